The molecule has 0 saturated heterocycles. The molecule has 0 aliphatic heterocycles. The first-order valence-electron chi connectivity index (χ1n) is 6.70. The maximum atomic E-state index is 4.46. The van der Waals surface area contributed by atoms with E-state index in [0.717, 1.165) is 31.2 Å². The van der Waals surface area contributed by atoms with Crippen molar-refractivity contribution in [3.8, 4) is 0 Å². The van der Waals surface area contributed by atoms with E-state index in [-0.39, 0.29) is 0 Å². The second-order valence-corrected chi connectivity index (χ2v) is 4.90. The van der Waals surface area contributed by atoms with Gasteiger partial charge in [-0.1, -0.05) is 24.3 Å². The molecule has 1 fully saturated rings. The molecule has 1 saturated carbocycles. The van der Waals surface area contributed by atoms with Crippen molar-refractivity contribution in [2.24, 2.45) is 0 Å². The predicted octanol–water partition coefficient (Wildman–Crippen LogP) is 2.08. The normalized spacial score (nSPS) is 15.1. The van der Waals surface area contributed by atoms with E-state index in [2.05, 4.69) is 39.9 Å². The summed E-state index contributed by atoms with van der Waals surface area (Å²) >= 11 is 0. The molecule has 1 aliphatic rings. The second-order valence-electron chi connectivity index (χ2n) is 4.90. The lowest BCUT2D eigenvalue weighted by molar-refractivity contribution is 0.609. The van der Waals surface area contributed by atoms with Crippen LogP contribution in [0.25, 0.3) is 10.9 Å². The lowest BCUT2D eigenvalue weighted by atomic mass is 10.1. The molecule has 3 rings (SSSR count). The fraction of sp³-hybridized carbons (Fsp3) is 0.400. The van der Waals surface area contributed by atoms with Crippen LogP contribution in [0, 0.1) is 0 Å². The maximum absolute atomic E-state index is 4.46. The van der Waals surface area contributed by atoms with Crippen LogP contribution in [0.5, 0.6) is 0 Å². The SMILES string of the molecule is c1cnc2c(CNCCNC3CC3)cccc2c1. The van der Waals surface area contributed by atoms with Crippen LogP contribution in [0.4, 0.5) is 0 Å². The highest BCUT2D eigenvalue weighted by molar-refractivity contribution is 5.81. The summed E-state index contributed by atoms with van der Waals surface area (Å²) in [6.45, 7) is 2.96. The first-order chi connectivity index (χ1) is 8.93. The van der Waals surface area contributed by atoms with E-state index < -0.39 is 0 Å². The van der Waals surface area contributed by atoms with Gasteiger partial charge >= 0.3 is 0 Å². The Labute approximate surface area is 108 Å². The third-order valence-electron chi connectivity index (χ3n) is 3.34. The molecule has 0 radical (unpaired) electrons. The Hall–Kier alpha value is -1.45. The molecule has 1 heterocycles. The first kappa shape index (κ1) is 11.6. The number of para-hydroxylation sites is 1. The molecule has 0 bridgehead atoms. The lowest BCUT2D eigenvalue weighted by Gasteiger charge is -2.08. The molecule has 2 N–H and O–H groups in total. The van der Waals surface area contributed by atoms with Gasteiger partial charge in [0, 0.05) is 37.3 Å². The van der Waals surface area contributed by atoms with Gasteiger partial charge in [0.2, 0.25) is 0 Å². The zero-order chi connectivity index (χ0) is 12.2. The standard InChI is InChI=1S/C15H19N3/c1-3-12-5-2-8-18-15(12)13(4-1)11-16-9-10-17-14-6-7-14/h1-5,8,14,16-17H,6-7,9-11H2. The topological polar surface area (TPSA) is 37.0 Å². The third-order valence-corrected chi connectivity index (χ3v) is 3.34. The average molecular weight is 241 g/mol. The lowest BCUT2D eigenvalue weighted by Crippen LogP contribution is -2.28. The number of fused-ring (bicyclic) bond motifs is 1. The second kappa shape index (κ2) is 5.46. The van der Waals surface area contributed by atoms with Crippen molar-refractivity contribution in [1.29, 1.82) is 0 Å². The fourth-order valence-corrected chi connectivity index (χ4v) is 2.19. The number of aromatic nitrogens is 1. The van der Waals surface area contributed by atoms with E-state index in [0.29, 0.717) is 0 Å². The van der Waals surface area contributed by atoms with Crippen LogP contribution >= 0.6 is 0 Å². The average Bonchev–Trinajstić information content (AvgIpc) is 3.23. The minimum Gasteiger partial charge on any atom is -0.313 e. The van der Waals surface area contributed by atoms with Crippen LogP contribution in [0.2, 0.25) is 0 Å². The van der Waals surface area contributed by atoms with E-state index in [1.54, 1.807) is 0 Å². The minimum absolute atomic E-state index is 0.797. The molecular weight excluding hydrogens is 222 g/mol. The monoisotopic (exact) mass is 241 g/mol. The van der Waals surface area contributed by atoms with Crippen molar-refractivity contribution in [3.05, 3.63) is 42.1 Å². The number of nitrogens with zero attached hydrogens (tertiary/aromatic N) is 1. The first-order valence-corrected chi connectivity index (χ1v) is 6.70. The van der Waals surface area contributed by atoms with E-state index in [4.69, 9.17) is 0 Å². The smallest absolute Gasteiger partial charge is 0.0746 e. The molecule has 0 atom stereocenters. The summed E-state index contributed by atoms with van der Waals surface area (Å²) in [6, 6.07) is 11.3. The van der Waals surface area contributed by atoms with Gasteiger partial charge in [0.15, 0.2) is 0 Å². The fourth-order valence-electron chi connectivity index (χ4n) is 2.19. The molecule has 0 amide bonds. The number of hydrogen-bond acceptors (Lipinski definition) is 3. The maximum Gasteiger partial charge on any atom is 0.0746 e. The largest absolute Gasteiger partial charge is 0.313 e. The molecule has 3 nitrogen and oxygen atoms in total. The Balaban J connectivity index is 1.56. The molecule has 1 aromatic carbocycles. The van der Waals surface area contributed by atoms with Gasteiger partial charge in [0.1, 0.15) is 0 Å². The highest BCUT2D eigenvalue weighted by Crippen LogP contribution is 2.18. The van der Waals surface area contributed by atoms with Gasteiger partial charge in [-0.05, 0) is 24.5 Å². The molecular formula is C15H19N3. The van der Waals surface area contributed by atoms with Gasteiger partial charge < -0.3 is 10.6 Å². The van der Waals surface area contributed by atoms with Gasteiger partial charge in [-0.15, -0.1) is 0 Å². The van der Waals surface area contributed by atoms with Gasteiger partial charge in [-0.2, -0.15) is 0 Å². The van der Waals surface area contributed by atoms with Crippen LogP contribution in [-0.4, -0.2) is 24.1 Å². The van der Waals surface area contributed by atoms with Crippen LogP contribution in [-0.2, 0) is 6.54 Å². The number of pyridine rings is 1. The number of hydrogen-bond donors (Lipinski definition) is 2. The number of rotatable bonds is 6. The Kier molecular flexibility index (Phi) is 3.53. The summed E-state index contributed by atoms with van der Waals surface area (Å²) in [4.78, 5) is 4.46. The van der Waals surface area contributed by atoms with Crippen LogP contribution in [0.1, 0.15) is 18.4 Å². The summed E-state index contributed by atoms with van der Waals surface area (Å²) in [5.74, 6) is 0. The van der Waals surface area contributed by atoms with Gasteiger partial charge in [0.25, 0.3) is 0 Å². The van der Waals surface area contributed by atoms with Crippen LogP contribution < -0.4 is 10.6 Å². The highest BCUT2D eigenvalue weighted by atomic mass is 15.0. The third kappa shape index (κ3) is 2.86. The Morgan fingerprint density at radius 3 is 2.89 bits per heavy atom. The van der Waals surface area contributed by atoms with Gasteiger partial charge in [-0.3, -0.25) is 4.98 Å². The Morgan fingerprint density at radius 2 is 2.00 bits per heavy atom. The molecule has 0 spiro atoms. The predicted molar refractivity (Wildman–Crippen MR) is 74.5 cm³/mol. The van der Waals surface area contributed by atoms with Crippen molar-refractivity contribution in [1.82, 2.24) is 15.6 Å². The summed E-state index contributed by atoms with van der Waals surface area (Å²) in [5, 5.41) is 8.19. The van der Waals surface area contributed by atoms with Gasteiger partial charge in [-0.25, -0.2) is 0 Å². The van der Waals surface area contributed by atoms with Crippen molar-refractivity contribution in [2.45, 2.75) is 25.4 Å². The quantitative estimate of drug-likeness (QED) is 0.760. The van der Waals surface area contributed by atoms with E-state index >= 15 is 0 Å². The van der Waals surface area contributed by atoms with Crippen molar-refractivity contribution < 1.29 is 0 Å². The highest BCUT2D eigenvalue weighted by Gasteiger charge is 2.19. The van der Waals surface area contributed by atoms with Crippen LogP contribution in [0.3, 0.4) is 0 Å². The zero-order valence-electron chi connectivity index (χ0n) is 10.5. The molecule has 1 aromatic heterocycles. The van der Waals surface area contributed by atoms with Crippen molar-refractivity contribution in [2.75, 3.05) is 13.1 Å². The molecule has 1 aliphatic carbocycles. The van der Waals surface area contributed by atoms with Crippen molar-refractivity contribution >= 4 is 10.9 Å². The molecule has 94 valence electrons. The van der Waals surface area contributed by atoms with E-state index in [9.17, 15) is 0 Å². The number of nitrogens with one attached hydrogen (secondary N) is 2. The molecule has 0 unspecified atom stereocenters. The Bertz CT molecular complexity index is 515. The van der Waals surface area contributed by atoms with E-state index in [1.807, 2.05) is 12.3 Å². The summed E-state index contributed by atoms with van der Waals surface area (Å²) in [7, 11) is 0. The van der Waals surface area contributed by atoms with Gasteiger partial charge in [0.05, 0.1) is 5.52 Å². The summed E-state index contributed by atoms with van der Waals surface area (Å²) < 4.78 is 0. The molecule has 2 aromatic rings. The Morgan fingerprint density at radius 1 is 1.11 bits per heavy atom. The zero-order valence-corrected chi connectivity index (χ0v) is 10.5. The van der Waals surface area contributed by atoms with E-state index in [1.165, 1.54) is 23.8 Å². The summed E-state index contributed by atoms with van der Waals surface area (Å²) in [6.07, 6.45) is 4.57. The van der Waals surface area contributed by atoms with Crippen LogP contribution in [0.15, 0.2) is 36.5 Å². The minimum atomic E-state index is 0.797. The summed E-state index contributed by atoms with van der Waals surface area (Å²) in [5.41, 5.74) is 2.39. The molecule has 18 heavy (non-hydrogen) atoms. The molecule has 3 heteroatoms. The van der Waals surface area contributed by atoms with Crippen molar-refractivity contribution in [3.63, 3.8) is 0 Å². The number of benzene rings is 1.